The van der Waals surface area contributed by atoms with Gasteiger partial charge in [-0.2, -0.15) is 9.40 Å². The molecule has 0 unspecified atom stereocenters. The van der Waals surface area contributed by atoms with Crippen LogP contribution in [-0.2, 0) is 21.2 Å². The lowest BCUT2D eigenvalue weighted by atomic mass is 10.0. The summed E-state index contributed by atoms with van der Waals surface area (Å²) in [5.41, 5.74) is 2.38. The highest BCUT2D eigenvalue weighted by molar-refractivity contribution is 7.89. The zero-order valence-electron chi connectivity index (χ0n) is 17.4. The molecule has 31 heavy (non-hydrogen) atoms. The predicted molar refractivity (Wildman–Crippen MR) is 119 cm³/mol. The molecule has 0 spiro atoms. The Morgan fingerprint density at radius 3 is 2.52 bits per heavy atom. The van der Waals surface area contributed by atoms with Crippen LogP contribution in [0.5, 0.6) is 0 Å². The number of carbonyl (C=O) groups is 1. The summed E-state index contributed by atoms with van der Waals surface area (Å²) in [5, 5.41) is 7.02. The second-order valence-electron chi connectivity index (χ2n) is 7.98. The van der Waals surface area contributed by atoms with E-state index in [2.05, 4.69) is 17.3 Å². The Morgan fingerprint density at radius 2 is 1.87 bits per heavy atom. The van der Waals surface area contributed by atoms with E-state index in [1.807, 2.05) is 36.5 Å². The van der Waals surface area contributed by atoms with Crippen molar-refractivity contribution in [3.63, 3.8) is 0 Å². The lowest BCUT2D eigenvalue weighted by Gasteiger charge is -2.30. The molecule has 1 fully saturated rings. The van der Waals surface area contributed by atoms with E-state index >= 15 is 0 Å². The maximum Gasteiger partial charge on any atom is 0.243 e. The maximum atomic E-state index is 12.9. The van der Waals surface area contributed by atoms with Crippen molar-refractivity contribution in [1.29, 1.82) is 0 Å². The molecule has 0 aliphatic carbocycles. The molecule has 1 aromatic heterocycles. The number of amides is 1. The number of hydrogen-bond donors (Lipinski definition) is 1. The summed E-state index contributed by atoms with van der Waals surface area (Å²) in [4.78, 5) is 12.7. The number of rotatable bonds is 6. The van der Waals surface area contributed by atoms with E-state index in [9.17, 15) is 13.2 Å². The van der Waals surface area contributed by atoms with Crippen molar-refractivity contribution in [3.05, 3.63) is 72.6 Å². The van der Waals surface area contributed by atoms with Crippen LogP contribution in [0.3, 0.4) is 0 Å². The molecular weight excluding hydrogens is 412 g/mol. The van der Waals surface area contributed by atoms with Gasteiger partial charge in [-0.25, -0.2) is 13.1 Å². The van der Waals surface area contributed by atoms with Gasteiger partial charge in [0, 0.05) is 31.2 Å². The van der Waals surface area contributed by atoms with Crippen LogP contribution >= 0.6 is 0 Å². The second-order valence-corrected chi connectivity index (χ2v) is 9.91. The van der Waals surface area contributed by atoms with Gasteiger partial charge in [0.05, 0.1) is 17.0 Å². The van der Waals surface area contributed by atoms with Gasteiger partial charge < -0.3 is 5.32 Å². The molecule has 1 atom stereocenters. The summed E-state index contributed by atoms with van der Waals surface area (Å²) in [7, 11) is -3.50. The number of anilines is 1. The second kappa shape index (κ2) is 9.03. The van der Waals surface area contributed by atoms with E-state index in [1.165, 1.54) is 0 Å². The van der Waals surface area contributed by atoms with Crippen LogP contribution in [0, 0.1) is 5.92 Å². The molecule has 1 aliphatic rings. The quantitative estimate of drug-likeness (QED) is 0.639. The van der Waals surface area contributed by atoms with E-state index in [4.69, 9.17) is 0 Å². The number of nitrogens with zero attached hydrogens (tertiary/aromatic N) is 3. The first kappa shape index (κ1) is 21.3. The minimum Gasteiger partial charge on any atom is -0.326 e. The van der Waals surface area contributed by atoms with Gasteiger partial charge in [-0.3, -0.25) is 4.79 Å². The van der Waals surface area contributed by atoms with Crippen molar-refractivity contribution in [1.82, 2.24) is 14.1 Å². The summed E-state index contributed by atoms with van der Waals surface area (Å²) in [6.07, 6.45) is 5.74. The highest BCUT2D eigenvalue weighted by atomic mass is 32.2. The van der Waals surface area contributed by atoms with E-state index in [1.54, 1.807) is 39.4 Å². The number of hydrogen-bond acceptors (Lipinski definition) is 4. The molecule has 1 saturated heterocycles. The van der Waals surface area contributed by atoms with Gasteiger partial charge in [0.1, 0.15) is 0 Å². The third-order valence-electron chi connectivity index (χ3n) is 5.47. The van der Waals surface area contributed by atoms with Crippen LogP contribution in [0.15, 0.2) is 71.9 Å². The van der Waals surface area contributed by atoms with E-state index < -0.39 is 10.0 Å². The SMILES string of the molecule is C[C@H]1CCCN(S(=O)(=O)c2ccc(NC(=O)Cc3ccc(-n4cccn4)cc3)cc2)C1. The third-order valence-corrected chi connectivity index (χ3v) is 7.34. The number of aromatic nitrogens is 2. The van der Waals surface area contributed by atoms with Gasteiger partial charge in [0.25, 0.3) is 0 Å². The molecule has 3 aromatic rings. The Hall–Kier alpha value is -2.97. The fourth-order valence-electron chi connectivity index (χ4n) is 3.80. The lowest BCUT2D eigenvalue weighted by molar-refractivity contribution is -0.115. The number of sulfonamides is 1. The van der Waals surface area contributed by atoms with Crippen LogP contribution in [0.25, 0.3) is 5.69 Å². The van der Waals surface area contributed by atoms with Gasteiger partial charge in [-0.05, 0) is 66.8 Å². The van der Waals surface area contributed by atoms with E-state index in [-0.39, 0.29) is 17.2 Å². The van der Waals surface area contributed by atoms with Crippen molar-refractivity contribution in [2.45, 2.75) is 31.1 Å². The van der Waals surface area contributed by atoms with Crippen molar-refractivity contribution in [2.24, 2.45) is 5.92 Å². The summed E-state index contributed by atoms with van der Waals surface area (Å²) in [5.74, 6) is 0.211. The Morgan fingerprint density at radius 1 is 1.13 bits per heavy atom. The molecule has 4 rings (SSSR count). The number of benzene rings is 2. The molecule has 7 nitrogen and oxygen atoms in total. The lowest BCUT2D eigenvalue weighted by Crippen LogP contribution is -2.39. The maximum absolute atomic E-state index is 12.9. The summed E-state index contributed by atoms with van der Waals surface area (Å²) < 4.78 is 29.0. The van der Waals surface area contributed by atoms with Crippen molar-refractivity contribution >= 4 is 21.6 Å². The summed E-state index contributed by atoms with van der Waals surface area (Å²) >= 11 is 0. The van der Waals surface area contributed by atoms with Gasteiger partial charge in [-0.1, -0.05) is 19.1 Å². The largest absolute Gasteiger partial charge is 0.326 e. The number of carbonyl (C=O) groups excluding carboxylic acids is 1. The van der Waals surface area contributed by atoms with Crippen molar-refractivity contribution in [2.75, 3.05) is 18.4 Å². The molecule has 8 heteroatoms. The number of piperidine rings is 1. The Balaban J connectivity index is 1.37. The molecule has 0 radical (unpaired) electrons. The van der Waals surface area contributed by atoms with Crippen molar-refractivity contribution in [3.8, 4) is 5.69 Å². The predicted octanol–water partition coefficient (Wildman–Crippen LogP) is 3.47. The van der Waals surface area contributed by atoms with Gasteiger partial charge in [0.15, 0.2) is 0 Å². The fourth-order valence-corrected chi connectivity index (χ4v) is 5.40. The zero-order chi connectivity index (χ0) is 21.8. The van der Waals surface area contributed by atoms with Crippen LogP contribution < -0.4 is 5.32 Å². The van der Waals surface area contributed by atoms with Gasteiger partial charge in [-0.15, -0.1) is 0 Å². The Bertz CT molecular complexity index is 1120. The zero-order valence-corrected chi connectivity index (χ0v) is 18.3. The third kappa shape index (κ3) is 5.03. The summed E-state index contributed by atoms with van der Waals surface area (Å²) in [6, 6.07) is 15.9. The van der Waals surface area contributed by atoms with Crippen LogP contribution in [0.4, 0.5) is 5.69 Å². The van der Waals surface area contributed by atoms with Crippen LogP contribution in [0.2, 0.25) is 0 Å². The topological polar surface area (TPSA) is 84.3 Å². The molecule has 1 amide bonds. The van der Waals surface area contributed by atoms with E-state index in [0.717, 1.165) is 24.1 Å². The molecule has 2 heterocycles. The minimum atomic E-state index is -3.50. The molecule has 1 aliphatic heterocycles. The first-order valence-corrected chi connectivity index (χ1v) is 11.8. The highest BCUT2D eigenvalue weighted by Gasteiger charge is 2.28. The van der Waals surface area contributed by atoms with Crippen LogP contribution in [0.1, 0.15) is 25.3 Å². The fraction of sp³-hybridized carbons (Fsp3) is 0.304. The average molecular weight is 439 g/mol. The van der Waals surface area contributed by atoms with E-state index in [0.29, 0.717) is 24.7 Å². The summed E-state index contributed by atoms with van der Waals surface area (Å²) in [6.45, 7) is 3.19. The first-order chi connectivity index (χ1) is 14.9. The molecular formula is C23H26N4O3S. The molecule has 162 valence electrons. The van der Waals surface area contributed by atoms with Crippen LogP contribution in [-0.4, -0.2) is 41.5 Å². The molecule has 2 aromatic carbocycles. The standard InChI is InChI=1S/C23H26N4O3S/c1-18-4-2-14-26(17-18)31(29,30)22-11-7-20(8-12-22)25-23(28)16-19-5-9-21(10-6-19)27-15-3-13-24-27/h3,5-13,15,18H,2,4,14,16-17H2,1H3,(H,25,28)/t18-/m0/s1. The smallest absolute Gasteiger partial charge is 0.243 e. The van der Waals surface area contributed by atoms with Gasteiger partial charge >= 0.3 is 0 Å². The van der Waals surface area contributed by atoms with Gasteiger partial charge in [0.2, 0.25) is 15.9 Å². The highest BCUT2D eigenvalue weighted by Crippen LogP contribution is 2.24. The van der Waals surface area contributed by atoms with Crippen molar-refractivity contribution < 1.29 is 13.2 Å². The first-order valence-electron chi connectivity index (χ1n) is 10.4. The average Bonchev–Trinajstić information content (AvgIpc) is 3.29. The molecule has 0 bridgehead atoms. The normalized spacial score (nSPS) is 17.4. The molecule has 1 N–H and O–H groups in total. The number of nitrogens with one attached hydrogen (secondary N) is 1. The Labute approximate surface area is 182 Å². The minimum absolute atomic E-state index is 0.160. The Kier molecular flexibility index (Phi) is 6.20. The monoisotopic (exact) mass is 438 g/mol. The molecule has 0 saturated carbocycles.